The molecule has 2 aliphatic rings. The van der Waals surface area contributed by atoms with Crippen molar-refractivity contribution in [1.82, 2.24) is 10.6 Å². The second-order valence-electron chi connectivity index (χ2n) is 6.57. The van der Waals surface area contributed by atoms with Gasteiger partial charge in [-0.3, -0.25) is 0 Å². The van der Waals surface area contributed by atoms with Gasteiger partial charge in [0.15, 0.2) is 0 Å². The molecule has 1 heterocycles. The third kappa shape index (κ3) is 3.21. The van der Waals surface area contributed by atoms with Crippen molar-refractivity contribution in [3.05, 3.63) is 0 Å². The molecule has 0 aromatic carbocycles. The fourth-order valence-corrected chi connectivity index (χ4v) is 3.33. The summed E-state index contributed by atoms with van der Waals surface area (Å²) in [5.74, 6) is 0. The highest BCUT2D eigenvalue weighted by Crippen LogP contribution is 2.35. The van der Waals surface area contributed by atoms with Crippen molar-refractivity contribution in [1.29, 1.82) is 0 Å². The topological polar surface area (TPSA) is 24.1 Å². The molecule has 0 amide bonds. The Labute approximate surface area is 101 Å². The summed E-state index contributed by atoms with van der Waals surface area (Å²) in [6.45, 7) is 8.38. The molecule has 16 heavy (non-hydrogen) atoms. The predicted octanol–water partition coefficient (Wildman–Crippen LogP) is 2.69. The molecule has 2 rings (SSSR count). The van der Waals surface area contributed by atoms with E-state index in [0.717, 1.165) is 6.54 Å². The number of rotatable bonds is 4. The number of nitrogens with one attached hydrogen (secondary N) is 2. The summed E-state index contributed by atoms with van der Waals surface area (Å²) in [7, 11) is 0. The molecule has 0 radical (unpaired) electrons. The van der Waals surface area contributed by atoms with Crippen LogP contribution in [-0.4, -0.2) is 25.2 Å². The van der Waals surface area contributed by atoms with Crippen molar-refractivity contribution in [2.24, 2.45) is 5.41 Å². The third-order valence-corrected chi connectivity index (χ3v) is 4.58. The molecule has 0 aromatic rings. The molecular formula is C14H28N2. The average molecular weight is 224 g/mol. The Morgan fingerprint density at radius 3 is 2.31 bits per heavy atom. The fraction of sp³-hybridized carbons (Fsp3) is 1.00. The lowest BCUT2D eigenvalue weighted by atomic mass is 9.75. The largest absolute Gasteiger partial charge is 0.314 e. The van der Waals surface area contributed by atoms with Gasteiger partial charge in [0, 0.05) is 18.6 Å². The summed E-state index contributed by atoms with van der Waals surface area (Å²) in [4.78, 5) is 0. The minimum Gasteiger partial charge on any atom is -0.314 e. The molecule has 94 valence electrons. The van der Waals surface area contributed by atoms with Gasteiger partial charge in [0.2, 0.25) is 0 Å². The third-order valence-electron chi connectivity index (χ3n) is 4.58. The van der Waals surface area contributed by atoms with Gasteiger partial charge in [-0.25, -0.2) is 0 Å². The summed E-state index contributed by atoms with van der Waals surface area (Å²) in [6, 6.07) is 0. The minimum absolute atomic E-state index is 0.366. The van der Waals surface area contributed by atoms with Gasteiger partial charge in [0.05, 0.1) is 0 Å². The maximum absolute atomic E-state index is 3.72. The quantitative estimate of drug-likeness (QED) is 0.767. The van der Waals surface area contributed by atoms with Crippen molar-refractivity contribution in [2.45, 2.75) is 64.3 Å². The lowest BCUT2D eigenvalue weighted by Gasteiger charge is -2.35. The zero-order chi connectivity index (χ0) is 11.5. The molecule has 1 aliphatic heterocycles. The van der Waals surface area contributed by atoms with Crippen molar-refractivity contribution in [2.75, 3.05) is 19.6 Å². The van der Waals surface area contributed by atoms with Crippen LogP contribution < -0.4 is 10.6 Å². The Morgan fingerprint density at radius 2 is 1.69 bits per heavy atom. The molecule has 0 spiro atoms. The zero-order valence-electron chi connectivity index (χ0n) is 11.1. The van der Waals surface area contributed by atoms with Crippen molar-refractivity contribution in [3.8, 4) is 0 Å². The van der Waals surface area contributed by atoms with E-state index in [1.54, 1.807) is 0 Å². The second-order valence-corrected chi connectivity index (χ2v) is 6.57. The van der Waals surface area contributed by atoms with E-state index in [1.165, 1.54) is 58.0 Å². The van der Waals surface area contributed by atoms with Crippen LogP contribution >= 0.6 is 0 Å². The molecule has 1 atom stereocenters. The van der Waals surface area contributed by atoms with Crippen molar-refractivity contribution < 1.29 is 0 Å². The summed E-state index contributed by atoms with van der Waals surface area (Å²) < 4.78 is 0. The molecule has 1 aliphatic carbocycles. The first-order chi connectivity index (χ1) is 7.62. The van der Waals surface area contributed by atoms with E-state index in [9.17, 15) is 0 Å². The predicted molar refractivity (Wildman–Crippen MR) is 69.7 cm³/mol. The molecule has 1 unspecified atom stereocenters. The number of hydrogen-bond acceptors (Lipinski definition) is 2. The molecule has 2 heteroatoms. The lowest BCUT2D eigenvalue weighted by Crippen LogP contribution is -2.48. The molecule has 2 fully saturated rings. The maximum atomic E-state index is 3.72. The van der Waals surface area contributed by atoms with Crippen molar-refractivity contribution >= 4 is 0 Å². The average Bonchev–Trinajstić information content (AvgIpc) is 2.66. The first-order valence-electron chi connectivity index (χ1n) is 7.08. The van der Waals surface area contributed by atoms with E-state index in [2.05, 4.69) is 24.5 Å². The van der Waals surface area contributed by atoms with Gasteiger partial charge in [-0.2, -0.15) is 0 Å². The van der Waals surface area contributed by atoms with Gasteiger partial charge in [-0.05, 0) is 44.6 Å². The van der Waals surface area contributed by atoms with Crippen LogP contribution in [0.2, 0.25) is 0 Å². The van der Waals surface area contributed by atoms with Crippen LogP contribution in [0.25, 0.3) is 0 Å². The molecular weight excluding hydrogens is 196 g/mol. The van der Waals surface area contributed by atoms with E-state index in [-0.39, 0.29) is 0 Å². The summed E-state index contributed by atoms with van der Waals surface area (Å²) in [6.07, 6.45) is 9.84. The molecule has 1 saturated carbocycles. The summed E-state index contributed by atoms with van der Waals surface area (Å²) >= 11 is 0. The van der Waals surface area contributed by atoms with Gasteiger partial charge in [0.25, 0.3) is 0 Å². The van der Waals surface area contributed by atoms with Gasteiger partial charge >= 0.3 is 0 Å². The van der Waals surface area contributed by atoms with Crippen LogP contribution in [0.1, 0.15) is 58.8 Å². The van der Waals surface area contributed by atoms with Crippen molar-refractivity contribution in [3.63, 3.8) is 0 Å². The molecule has 2 nitrogen and oxygen atoms in total. The Hall–Kier alpha value is -0.0800. The highest BCUT2D eigenvalue weighted by molar-refractivity contribution is 4.91. The molecule has 2 N–H and O–H groups in total. The second kappa shape index (κ2) is 5.05. The lowest BCUT2D eigenvalue weighted by molar-refractivity contribution is 0.201. The minimum atomic E-state index is 0.366. The summed E-state index contributed by atoms with van der Waals surface area (Å²) in [5.41, 5.74) is 0.943. The van der Waals surface area contributed by atoms with Crippen LogP contribution in [0.15, 0.2) is 0 Å². The Kier molecular flexibility index (Phi) is 3.91. The number of hydrogen-bond donors (Lipinski definition) is 2. The molecule has 0 bridgehead atoms. The first-order valence-corrected chi connectivity index (χ1v) is 7.08. The first kappa shape index (κ1) is 12.4. The van der Waals surface area contributed by atoms with Crippen LogP contribution in [0.4, 0.5) is 0 Å². The van der Waals surface area contributed by atoms with Gasteiger partial charge in [-0.15, -0.1) is 0 Å². The van der Waals surface area contributed by atoms with Gasteiger partial charge in [0.1, 0.15) is 0 Å². The van der Waals surface area contributed by atoms with Gasteiger partial charge < -0.3 is 10.6 Å². The fourth-order valence-electron chi connectivity index (χ4n) is 3.33. The smallest absolute Gasteiger partial charge is 0.0278 e. The Bertz CT molecular complexity index is 213. The Morgan fingerprint density at radius 1 is 0.938 bits per heavy atom. The monoisotopic (exact) mass is 224 g/mol. The standard InChI is InChI=1S/C14H28N2/c1-13(7-4-3-5-8-13)11-15-12-14(2)9-6-10-16-14/h15-16H,3-12H2,1-2H3. The highest BCUT2D eigenvalue weighted by Gasteiger charge is 2.30. The van der Waals surface area contributed by atoms with Crippen LogP contribution in [0.3, 0.4) is 0 Å². The van der Waals surface area contributed by atoms with E-state index in [1.807, 2.05) is 0 Å². The van der Waals surface area contributed by atoms with Crippen LogP contribution in [-0.2, 0) is 0 Å². The van der Waals surface area contributed by atoms with Gasteiger partial charge in [-0.1, -0.05) is 26.2 Å². The molecule has 0 aromatic heterocycles. The van der Waals surface area contributed by atoms with Crippen LogP contribution in [0.5, 0.6) is 0 Å². The highest BCUT2D eigenvalue weighted by atomic mass is 15.1. The maximum Gasteiger partial charge on any atom is 0.0278 e. The molecule has 1 saturated heterocycles. The zero-order valence-corrected chi connectivity index (χ0v) is 11.1. The Balaban J connectivity index is 1.70. The van der Waals surface area contributed by atoms with E-state index >= 15 is 0 Å². The normalized spacial score (nSPS) is 34.1. The van der Waals surface area contributed by atoms with E-state index in [4.69, 9.17) is 0 Å². The van der Waals surface area contributed by atoms with Crippen LogP contribution in [0, 0.1) is 5.41 Å². The summed E-state index contributed by atoms with van der Waals surface area (Å²) in [5, 5.41) is 7.34. The van der Waals surface area contributed by atoms with E-state index in [0.29, 0.717) is 11.0 Å². The van der Waals surface area contributed by atoms with E-state index < -0.39 is 0 Å². The SMILES string of the molecule is CC1(CNCC2(C)CCCN2)CCCCC1.